The first kappa shape index (κ1) is 19.9. The summed E-state index contributed by atoms with van der Waals surface area (Å²) in [6, 6.07) is 13.0. The van der Waals surface area contributed by atoms with Gasteiger partial charge in [0.25, 0.3) is 5.91 Å². The normalized spacial score (nSPS) is 28.7. The van der Waals surface area contributed by atoms with E-state index in [0.29, 0.717) is 16.5 Å². The molecular weight excluding hydrogens is 420 g/mol. The summed E-state index contributed by atoms with van der Waals surface area (Å²) in [5.74, 6) is -1.57. The zero-order valence-corrected chi connectivity index (χ0v) is 17.8. The van der Waals surface area contributed by atoms with Crippen LogP contribution in [0.4, 0.5) is 10.5 Å². The van der Waals surface area contributed by atoms with Gasteiger partial charge in [0, 0.05) is 16.5 Å². The van der Waals surface area contributed by atoms with Crippen LogP contribution in [0, 0.1) is 11.8 Å². The Hall–Kier alpha value is -3.06. The quantitative estimate of drug-likeness (QED) is 0.536. The maximum Gasteiger partial charge on any atom is 0.332 e. The fourth-order valence-electron chi connectivity index (χ4n) is 5.28. The van der Waals surface area contributed by atoms with Crippen molar-refractivity contribution in [1.29, 1.82) is 0 Å². The van der Waals surface area contributed by atoms with Crippen LogP contribution in [0.5, 0.6) is 5.75 Å². The van der Waals surface area contributed by atoms with E-state index in [4.69, 9.17) is 21.1 Å². The van der Waals surface area contributed by atoms with E-state index in [-0.39, 0.29) is 13.2 Å². The Labute approximate surface area is 184 Å². The van der Waals surface area contributed by atoms with Gasteiger partial charge in [-0.2, -0.15) is 0 Å². The van der Waals surface area contributed by atoms with Crippen molar-refractivity contribution in [3.05, 3.63) is 59.1 Å². The second kappa shape index (κ2) is 6.99. The Kier molecular flexibility index (Phi) is 4.48. The maximum atomic E-state index is 13.8. The molecule has 3 heterocycles. The molecule has 2 aromatic carbocycles. The molecule has 3 aliphatic rings. The van der Waals surface area contributed by atoms with E-state index in [1.165, 1.54) is 0 Å². The molecule has 0 saturated carbocycles. The van der Waals surface area contributed by atoms with Gasteiger partial charge in [-0.3, -0.25) is 9.59 Å². The second-order valence-corrected chi connectivity index (χ2v) is 8.54. The third-order valence-electron chi connectivity index (χ3n) is 6.53. The first-order chi connectivity index (χ1) is 14.9. The second-order valence-electron chi connectivity index (χ2n) is 8.11. The molecule has 0 N–H and O–H groups in total. The van der Waals surface area contributed by atoms with E-state index in [2.05, 4.69) is 0 Å². The van der Waals surface area contributed by atoms with Gasteiger partial charge in [-0.05, 0) is 38.1 Å². The maximum absolute atomic E-state index is 13.8. The smallest absolute Gasteiger partial charge is 0.332 e. The average Bonchev–Trinajstić information content (AvgIpc) is 3.13. The van der Waals surface area contributed by atoms with E-state index >= 15 is 0 Å². The molecule has 5 rings (SSSR count). The minimum atomic E-state index is -1.40. The van der Waals surface area contributed by atoms with Gasteiger partial charge in [-0.1, -0.05) is 35.9 Å². The molecule has 160 valence electrons. The van der Waals surface area contributed by atoms with Gasteiger partial charge in [-0.15, -0.1) is 0 Å². The number of hydrogen-bond acceptors (Lipinski definition) is 5. The molecular formula is C23H21ClN2O5. The Morgan fingerprint density at radius 3 is 2.74 bits per heavy atom. The number of urea groups is 1. The van der Waals surface area contributed by atoms with Gasteiger partial charge in [-0.25, -0.2) is 9.69 Å². The van der Waals surface area contributed by atoms with Gasteiger partial charge in [0.2, 0.25) is 0 Å². The monoisotopic (exact) mass is 440 g/mol. The van der Waals surface area contributed by atoms with Crippen molar-refractivity contribution in [2.45, 2.75) is 25.4 Å². The lowest BCUT2D eigenvalue weighted by Gasteiger charge is -2.34. The van der Waals surface area contributed by atoms with E-state index in [1.54, 1.807) is 43.0 Å². The summed E-state index contributed by atoms with van der Waals surface area (Å²) >= 11 is 6.12. The Balaban J connectivity index is 1.69. The van der Waals surface area contributed by atoms with Gasteiger partial charge in [0.15, 0.2) is 0 Å². The molecule has 0 unspecified atom stereocenters. The molecule has 0 spiro atoms. The van der Waals surface area contributed by atoms with Gasteiger partial charge in [0.1, 0.15) is 11.3 Å². The van der Waals surface area contributed by atoms with Crippen molar-refractivity contribution in [3.8, 4) is 5.75 Å². The number of halogens is 1. The predicted molar refractivity (Wildman–Crippen MR) is 113 cm³/mol. The highest BCUT2D eigenvalue weighted by molar-refractivity contribution is 6.31. The molecule has 4 atom stereocenters. The van der Waals surface area contributed by atoms with Crippen molar-refractivity contribution in [2.24, 2.45) is 11.8 Å². The molecule has 2 aromatic rings. The standard InChI is InChI=1S/C23H21ClN2O5/c1-3-30-20(27)18-16-12-31-17-10-5-4-9-15(17)19(16)26-22(29)25(21(28)23(18,26)2)14-8-6-7-13(24)11-14/h4-11,16,18-19H,3,12H2,1-2H3/t16-,18+,19+,23-/m1/s1. The van der Waals surface area contributed by atoms with Gasteiger partial charge in [0.05, 0.1) is 30.9 Å². The van der Waals surface area contributed by atoms with Crippen molar-refractivity contribution >= 4 is 35.2 Å². The number of ether oxygens (including phenoxy) is 2. The Bertz CT molecular complexity index is 1100. The van der Waals surface area contributed by atoms with Crippen LogP contribution in [-0.4, -0.2) is 41.6 Å². The number of esters is 1. The molecule has 3 aliphatic heterocycles. The number of fused-ring (bicyclic) bond motifs is 5. The largest absolute Gasteiger partial charge is 0.493 e. The summed E-state index contributed by atoms with van der Waals surface area (Å²) in [4.78, 5) is 43.2. The van der Waals surface area contributed by atoms with Crippen LogP contribution in [0.1, 0.15) is 25.5 Å². The lowest BCUT2D eigenvalue weighted by molar-refractivity contribution is -0.154. The first-order valence-electron chi connectivity index (χ1n) is 10.2. The molecule has 7 nitrogen and oxygen atoms in total. The number of anilines is 1. The zero-order valence-electron chi connectivity index (χ0n) is 17.1. The minimum absolute atomic E-state index is 0.181. The van der Waals surface area contributed by atoms with Crippen molar-refractivity contribution in [3.63, 3.8) is 0 Å². The lowest BCUT2D eigenvalue weighted by atomic mass is 9.77. The third kappa shape index (κ3) is 2.62. The SMILES string of the molecule is CCOC(=O)[C@@H]1[C@H]2COc3ccccc3[C@@H]2N2C(=O)N(c3cccc(Cl)c3)C(=O)[C@@]12C. The van der Waals surface area contributed by atoms with E-state index < -0.39 is 41.3 Å². The molecule has 8 heteroatoms. The Morgan fingerprint density at radius 1 is 1.23 bits per heavy atom. The lowest BCUT2D eigenvalue weighted by Crippen LogP contribution is -2.51. The topological polar surface area (TPSA) is 76.2 Å². The number of amides is 3. The molecule has 0 bridgehead atoms. The zero-order chi connectivity index (χ0) is 21.9. The molecule has 3 amide bonds. The molecule has 31 heavy (non-hydrogen) atoms. The molecule has 0 radical (unpaired) electrons. The summed E-state index contributed by atoms with van der Waals surface area (Å²) in [6.07, 6.45) is 0. The highest BCUT2D eigenvalue weighted by Gasteiger charge is 2.72. The third-order valence-corrected chi connectivity index (χ3v) is 6.76. The molecule has 0 aromatic heterocycles. The number of rotatable bonds is 3. The number of nitrogens with zero attached hydrogens (tertiary/aromatic N) is 2. The van der Waals surface area contributed by atoms with Crippen LogP contribution in [0.3, 0.4) is 0 Å². The van der Waals surface area contributed by atoms with E-state index in [9.17, 15) is 14.4 Å². The van der Waals surface area contributed by atoms with Crippen molar-refractivity contribution in [2.75, 3.05) is 18.1 Å². The van der Waals surface area contributed by atoms with Crippen LogP contribution in [0.2, 0.25) is 5.02 Å². The van der Waals surface area contributed by atoms with Crippen LogP contribution in [0.25, 0.3) is 0 Å². The van der Waals surface area contributed by atoms with E-state index in [1.807, 2.05) is 24.3 Å². The summed E-state index contributed by atoms with van der Waals surface area (Å²) in [5.41, 5.74) is -0.245. The first-order valence-corrected chi connectivity index (χ1v) is 10.6. The summed E-state index contributed by atoms with van der Waals surface area (Å²) in [6.45, 7) is 3.77. The van der Waals surface area contributed by atoms with Gasteiger partial charge >= 0.3 is 12.0 Å². The van der Waals surface area contributed by atoms with Gasteiger partial charge < -0.3 is 14.4 Å². The molecule has 2 fully saturated rings. The summed E-state index contributed by atoms with van der Waals surface area (Å²) in [7, 11) is 0. The fraction of sp³-hybridized carbons (Fsp3) is 0.348. The number of carbonyl (C=O) groups excluding carboxylic acids is 3. The van der Waals surface area contributed by atoms with Crippen LogP contribution >= 0.6 is 11.6 Å². The Morgan fingerprint density at radius 2 is 2.00 bits per heavy atom. The molecule has 2 saturated heterocycles. The van der Waals surface area contributed by atoms with Crippen molar-refractivity contribution < 1.29 is 23.9 Å². The number of benzene rings is 2. The number of carbonyl (C=O) groups is 3. The highest BCUT2D eigenvalue weighted by Crippen LogP contribution is 2.58. The number of hydrogen-bond donors (Lipinski definition) is 0. The number of para-hydroxylation sites is 1. The van der Waals surface area contributed by atoms with Crippen LogP contribution in [-0.2, 0) is 14.3 Å². The van der Waals surface area contributed by atoms with Crippen LogP contribution in [0.15, 0.2) is 48.5 Å². The van der Waals surface area contributed by atoms with Crippen molar-refractivity contribution in [1.82, 2.24) is 4.90 Å². The molecule has 0 aliphatic carbocycles. The summed E-state index contributed by atoms with van der Waals surface area (Å²) in [5, 5.41) is 0.409. The fourth-order valence-corrected chi connectivity index (χ4v) is 5.47. The highest BCUT2D eigenvalue weighted by atomic mass is 35.5. The van der Waals surface area contributed by atoms with E-state index in [0.717, 1.165) is 10.5 Å². The number of imide groups is 1. The van der Waals surface area contributed by atoms with Crippen LogP contribution < -0.4 is 9.64 Å². The minimum Gasteiger partial charge on any atom is -0.493 e. The average molecular weight is 441 g/mol. The predicted octanol–water partition coefficient (Wildman–Crippen LogP) is 3.81. The summed E-state index contributed by atoms with van der Waals surface area (Å²) < 4.78 is 11.3.